The number of ether oxygens (including phenoxy) is 2. The van der Waals surface area contributed by atoms with Gasteiger partial charge in [-0.05, 0) is 57.2 Å². The largest absolute Gasteiger partial charge is 0.324 e. The van der Waals surface area contributed by atoms with Gasteiger partial charge in [-0.15, -0.1) is 0 Å². The van der Waals surface area contributed by atoms with Crippen LogP contribution in [0.25, 0.3) is 0 Å². The number of ketones is 1. The fraction of sp³-hybridized carbons (Fsp3) is 0.654. The van der Waals surface area contributed by atoms with Gasteiger partial charge in [0.15, 0.2) is 18.4 Å². The maximum atomic E-state index is 14.7. The number of nitrogens with zero attached hydrogens (tertiary/aromatic N) is 2. The lowest BCUT2D eigenvalue weighted by Gasteiger charge is -2.43. The first-order valence-electron chi connectivity index (χ1n) is 12.4. The summed E-state index contributed by atoms with van der Waals surface area (Å²) in [4.78, 5) is 17.9. The van der Waals surface area contributed by atoms with Crippen molar-refractivity contribution in [3.8, 4) is 0 Å². The van der Waals surface area contributed by atoms with Gasteiger partial charge in [-0.25, -0.2) is 4.39 Å². The number of carbonyl (C=O) groups is 1. The standard InChI is InChI=1S/C26H35FN2O3S/c1-17-31-26(32-17)20-5-4-12-28(15-20)13-10-19-16-29(14-11-23(19)33)24(25(30)18-8-9-18)21-6-2-3-7-22(21)27/h2-3,6-7,10,17-18,20,23-24,26,33H,4-5,8-9,11-16H2,1H3/b19-10+. The first-order valence-corrected chi connectivity index (χ1v) is 12.9. The number of thiol groups is 1. The topological polar surface area (TPSA) is 42.0 Å². The van der Waals surface area contributed by atoms with E-state index in [4.69, 9.17) is 22.1 Å². The molecule has 5 nitrogen and oxygen atoms in total. The molecule has 4 aliphatic rings. The van der Waals surface area contributed by atoms with E-state index in [1.54, 1.807) is 12.1 Å². The molecule has 1 saturated carbocycles. The lowest BCUT2D eigenvalue weighted by Crippen LogP contribution is -2.50. The SMILES string of the molecule is CC1OC(C2CCCN(C/C=C3\CN(C(C(=O)C4CC4)c4ccccc4F)CCC3S)C2)O1. The summed E-state index contributed by atoms with van der Waals surface area (Å²) < 4.78 is 26.2. The molecule has 0 amide bonds. The predicted octanol–water partition coefficient (Wildman–Crippen LogP) is 4.21. The molecule has 33 heavy (non-hydrogen) atoms. The zero-order chi connectivity index (χ0) is 22.9. The van der Waals surface area contributed by atoms with Crippen molar-refractivity contribution in [1.82, 2.24) is 9.80 Å². The maximum absolute atomic E-state index is 14.7. The first-order chi connectivity index (χ1) is 16.0. The Labute approximate surface area is 201 Å². The van der Waals surface area contributed by atoms with E-state index in [2.05, 4.69) is 15.9 Å². The average molecular weight is 475 g/mol. The Bertz CT molecular complexity index is 886. The Balaban J connectivity index is 1.27. The number of piperidine rings is 2. The number of likely N-dealkylation sites (tertiary alicyclic amines) is 2. The van der Waals surface area contributed by atoms with Gasteiger partial charge >= 0.3 is 0 Å². The van der Waals surface area contributed by atoms with Crippen molar-refractivity contribution in [2.75, 3.05) is 32.7 Å². The van der Waals surface area contributed by atoms with Crippen LogP contribution in [0.5, 0.6) is 0 Å². The van der Waals surface area contributed by atoms with E-state index in [1.165, 1.54) is 11.6 Å². The van der Waals surface area contributed by atoms with Crippen LogP contribution in [-0.4, -0.2) is 66.1 Å². The highest BCUT2D eigenvalue weighted by molar-refractivity contribution is 7.81. The molecule has 5 rings (SSSR count). The predicted molar refractivity (Wildman–Crippen MR) is 129 cm³/mol. The maximum Gasteiger partial charge on any atom is 0.167 e. The lowest BCUT2D eigenvalue weighted by atomic mass is 9.93. The average Bonchev–Trinajstić information content (AvgIpc) is 3.64. The summed E-state index contributed by atoms with van der Waals surface area (Å²) in [6, 6.07) is 6.26. The molecular formula is C26H35FN2O3S. The van der Waals surface area contributed by atoms with Crippen molar-refractivity contribution in [2.45, 2.75) is 62.9 Å². The van der Waals surface area contributed by atoms with Crippen molar-refractivity contribution in [1.29, 1.82) is 0 Å². The van der Waals surface area contributed by atoms with Gasteiger partial charge in [0.2, 0.25) is 0 Å². The second-order valence-corrected chi connectivity index (χ2v) is 10.6. The molecule has 3 aliphatic heterocycles. The number of Topliss-reactive ketones (excluding diaryl/α,β-unsaturated/α-hetero) is 1. The summed E-state index contributed by atoms with van der Waals surface area (Å²) in [5.41, 5.74) is 1.75. The third kappa shape index (κ3) is 5.38. The van der Waals surface area contributed by atoms with Crippen LogP contribution in [0.4, 0.5) is 4.39 Å². The molecular weight excluding hydrogens is 439 g/mol. The van der Waals surface area contributed by atoms with Crippen molar-refractivity contribution in [3.05, 3.63) is 47.3 Å². The van der Waals surface area contributed by atoms with Crippen LogP contribution in [0.15, 0.2) is 35.9 Å². The third-order valence-corrected chi connectivity index (χ3v) is 8.10. The molecule has 3 unspecified atom stereocenters. The molecule has 7 heteroatoms. The fourth-order valence-electron chi connectivity index (χ4n) is 5.47. The van der Waals surface area contributed by atoms with Gasteiger partial charge in [0.1, 0.15) is 5.82 Å². The summed E-state index contributed by atoms with van der Waals surface area (Å²) in [6.07, 6.45) is 7.16. The van der Waals surface area contributed by atoms with Gasteiger partial charge in [0, 0.05) is 48.8 Å². The molecule has 3 heterocycles. The van der Waals surface area contributed by atoms with E-state index in [9.17, 15) is 9.18 Å². The van der Waals surface area contributed by atoms with E-state index in [0.717, 1.165) is 58.3 Å². The summed E-state index contributed by atoms with van der Waals surface area (Å²) in [7, 11) is 0. The van der Waals surface area contributed by atoms with Crippen molar-refractivity contribution in [3.63, 3.8) is 0 Å². The van der Waals surface area contributed by atoms with Crippen molar-refractivity contribution in [2.24, 2.45) is 11.8 Å². The second kappa shape index (κ2) is 10.2. The zero-order valence-corrected chi connectivity index (χ0v) is 20.3. The number of rotatable bonds is 7. The normalized spacial score (nSPS) is 33.6. The minimum absolute atomic E-state index is 0.0618. The molecule has 0 radical (unpaired) electrons. The highest BCUT2D eigenvalue weighted by atomic mass is 32.1. The van der Waals surface area contributed by atoms with Crippen LogP contribution < -0.4 is 0 Å². The van der Waals surface area contributed by atoms with Crippen molar-refractivity contribution >= 4 is 18.4 Å². The molecule has 1 aromatic carbocycles. The fourth-order valence-corrected chi connectivity index (χ4v) is 5.77. The van der Waals surface area contributed by atoms with Crippen LogP contribution in [-0.2, 0) is 14.3 Å². The van der Waals surface area contributed by atoms with Gasteiger partial charge in [-0.1, -0.05) is 24.3 Å². The van der Waals surface area contributed by atoms with E-state index in [1.807, 2.05) is 13.0 Å². The molecule has 180 valence electrons. The zero-order valence-electron chi connectivity index (χ0n) is 19.4. The number of carbonyl (C=O) groups excluding carboxylic acids is 1. The van der Waals surface area contributed by atoms with E-state index >= 15 is 0 Å². The molecule has 0 spiro atoms. The molecule has 1 aromatic rings. The Morgan fingerprint density at radius 1 is 1.21 bits per heavy atom. The van der Waals surface area contributed by atoms with Gasteiger partial charge in [0.25, 0.3) is 0 Å². The molecule has 1 aliphatic carbocycles. The molecule has 4 fully saturated rings. The number of halogens is 1. The summed E-state index contributed by atoms with van der Waals surface area (Å²) >= 11 is 4.85. The number of hydrogen-bond acceptors (Lipinski definition) is 6. The molecule has 3 saturated heterocycles. The summed E-state index contributed by atoms with van der Waals surface area (Å²) in [5, 5.41) is 0.179. The minimum Gasteiger partial charge on any atom is -0.324 e. The van der Waals surface area contributed by atoms with E-state index < -0.39 is 6.04 Å². The van der Waals surface area contributed by atoms with Crippen LogP contribution in [0.2, 0.25) is 0 Å². The van der Waals surface area contributed by atoms with Gasteiger partial charge in [-0.2, -0.15) is 12.6 Å². The number of hydrogen-bond donors (Lipinski definition) is 1. The van der Waals surface area contributed by atoms with E-state index in [0.29, 0.717) is 18.0 Å². The highest BCUT2D eigenvalue weighted by Gasteiger charge is 2.41. The third-order valence-electron chi connectivity index (χ3n) is 7.51. The van der Waals surface area contributed by atoms with Crippen LogP contribution in [0.1, 0.15) is 50.6 Å². The quantitative estimate of drug-likeness (QED) is 0.474. The molecule has 0 aromatic heterocycles. The smallest absolute Gasteiger partial charge is 0.167 e. The Morgan fingerprint density at radius 3 is 2.73 bits per heavy atom. The Hall–Kier alpha value is -1.25. The van der Waals surface area contributed by atoms with Gasteiger partial charge < -0.3 is 9.47 Å². The molecule has 0 bridgehead atoms. The van der Waals surface area contributed by atoms with Crippen LogP contribution in [0, 0.1) is 17.7 Å². The highest BCUT2D eigenvalue weighted by Crippen LogP contribution is 2.39. The van der Waals surface area contributed by atoms with Gasteiger partial charge in [-0.3, -0.25) is 14.6 Å². The minimum atomic E-state index is -0.503. The van der Waals surface area contributed by atoms with Crippen LogP contribution >= 0.6 is 12.6 Å². The molecule has 0 N–H and O–H groups in total. The Morgan fingerprint density at radius 2 is 2.00 bits per heavy atom. The number of benzene rings is 1. The summed E-state index contributed by atoms with van der Waals surface area (Å²) in [5.74, 6) is 0.388. The first kappa shape index (κ1) is 23.5. The van der Waals surface area contributed by atoms with E-state index in [-0.39, 0.29) is 35.3 Å². The van der Waals surface area contributed by atoms with Crippen LogP contribution in [0.3, 0.4) is 0 Å². The monoisotopic (exact) mass is 474 g/mol. The lowest BCUT2D eigenvalue weighted by molar-refractivity contribution is -0.394. The summed E-state index contributed by atoms with van der Waals surface area (Å²) in [6.45, 7) is 6.26. The Kier molecular flexibility index (Phi) is 7.23. The molecule has 3 atom stereocenters. The second-order valence-electron chi connectivity index (χ2n) is 10.0. The van der Waals surface area contributed by atoms with Gasteiger partial charge in [0.05, 0.1) is 6.04 Å². The van der Waals surface area contributed by atoms with Crippen molar-refractivity contribution < 1.29 is 18.7 Å².